The van der Waals surface area contributed by atoms with Crippen molar-refractivity contribution >= 4 is 5.78 Å². The Balaban J connectivity index is 2.65. The number of ketones is 1. The monoisotopic (exact) mass is 211 g/mol. The number of methoxy groups -OCH3 is 1. The molecule has 0 aliphatic heterocycles. The minimum atomic E-state index is -0.253. The molecular weight excluding hydrogens is 194 g/mol. The lowest BCUT2D eigenvalue weighted by Crippen LogP contribution is -2.28. The van der Waals surface area contributed by atoms with Crippen molar-refractivity contribution < 1.29 is 13.9 Å². The molecule has 0 aromatic carbocycles. The molecule has 0 fully saturated rings. The van der Waals surface area contributed by atoms with Gasteiger partial charge in [0.1, 0.15) is 11.5 Å². The van der Waals surface area contributed by atoms with Crippen LogP contribution in [0.1, 0.15) is 28.3 Å². The topological polar surface area (TPSA) is 65.5 Å². The van der Waals surface area contributed by atoms with E-state index in [1.165, 1.54) is 0 Å². The highest BCUT2D eigenvalue weighted by Crippen LogP contribution is 2.16. The van der Waals surface area contributed by atoms with Gasteiger partial charge in [0, 0.05) is 19.6 Å². The molecule has 0 bridgehead atoms. The van der Waals surface area contributed by atoms with Crippen molar-refractivity contribution in [1.82, 2.24) is 0 Å². The van der Waals surface area contributed by atoms with Crippen LogP contribution >= 0.6 is 0 Å². The molecule has 4 nitrogen and oxygen atoms in total. The maximum atomic E-state index is 11.8. The van der Waals surface area contributed by atoms with Crippen molar-refractivity contribution in [2.24, 2.45) is 5.73 Å². The normalized spacial score (nSPS) is 12.8. The van der Waals surface area contributed by atoms with Gasteiger partial charge >= 0.3 is 0 Å². The lowest BCUT2D eigenvalue weighted by atomic mass is 10.1. The molecule has 0 saturated heterocycles. The van der Waals surface area contributed by atoms with Crippen LogP contribution in [0.15, 0.2) is 10.5 Å². The molecule has 1 aromatic heterocycles. The Kier molecular flexibility index (Phi) is 4.05. The quantitative estimate of drug-likeness (QED) is 0.748. The fourth-order valence-electron chi connectivity index (χ4n) is 1.53. The third-order valence-corrected chi connectivity index (χ3v) is 2.17. The summed E-state index contributed by atoms with van der Waals surface area (Å²) < 4.78 is 10.2. The fraction of sp³-hybridized carbons (Fsp3) is 0.545. The number of rotatable bonds is 5. The van der Waals surface area contributed by atoms with Gasteiger partial charge in [-0.25, -0.2) is 0 Å². The van der Waals surface area contributed by atoms with Gasteiger partial charge in [-0.05, 0) is 19.9 Å². The summed E-state index contributed by atoms with van der Waals surface area (Å²) in [4.78, 5) is 11.8. The third kappa shape index (κ3) is 3.18. The maximum Gasteiger partial charge on any atom is 0.168 e. The van der Waals surface area contributed by atoms with Gasteiger partial charge in [0.15, 0.2) is 5.78 Å². The Labute approximate surface area is 89.4 Å². The Bertz CT molecular complexity index is 344. The smallest absolute Gasteiger partial charge is 0.168 e. The first-order valence-electron chi connectivity index (χ1n) is 4.89. The van der Waals surface area contributed by atoms with Crippen LogP contribution in [0.4, 0.5) is 0 Å². The SMILES string of the molecule is COCC(N)CC(=O)c1cc(C)oc1C. The molecule has 1 aromatic rings. The predicted octanol–water partition coefficient (Wildman–Crippen LogP) is 1.44. The highest BCUT2D eigenvalue weighted by Gasteiger charge is 2.16. The summed E-state index contributed by atoms with van der Waals surface area (Å²) in [6.07, 6.45) is 0.285. The van der Waals surface area contributed by atoms with E-state index in [1.807, 2.05) is 6.92 Å². The zero-order valence-electron chi connectivity index (χ0n) is 9.37. The van der Waals surface area contributed by atoms with Crippen LogP contribution in [0.25, 0.3) is 0 Å². The van der Waals surface area contributed by atoms with E-state index in [0.717, 1.165) is 5.76 Å². The van der Waals surface area contributed by atoms with Crippen LogP contribution in [0.3, 0.4) is 0 Å². The van der Waals surface area contributed by atoms with E-state index in [-0.39, 0.29) is 18.2 Å². The molecule has 1 unspecified atom stereocenters. The number of hydrogen-bond donors (Lipinski definition) is 1. The lowest BCUT2D eigenvalue weighted by molar-refractivity contribution is 0.0948. The second kappa shape index (κ2) is 5.09. The zero-order chi connectivity index (χ0) is 11.4. The van der Waals surface area contributed by atoms with E-state index in [9.17, 15) is 4.79 Å². The molecule has 1 heterocycles. The summed E-state index contributed by atoms with van der Waals surface area (Å²) >= 11 is 0. The van der Waals surface area contributed by atoms with Gasteiger partial charge < -0.3 is 14.9 Å². The van der Waals surface area contributed by atoms with E-state index < -0.39 is 0 Å². The average molecular weight is 211 g/mol. The molecule has 84 valence electrons. The first-order valence-corrected chi connectivity index (χ1v) is 4.89. The third-order valence-electron chi connectivity index (χ3n) is 2.17. The largest absolute Gasteiger partial charge is 0.466 e. The molecule has 0 saturated carbocycles. The Morgan fingerprint density at radius 3 is 2.73 bits per heavy atom. The summed E-state index contributed by atoms with van der Waals surface area (Å²) in [5, 5.41) is 0. The van der Waals surface area contributed by atoms with Gasteiger partial charge in [0.2, 0.25) is 0 Å². The van der Waals surface area contributed by atoms with Crippen molar-refractivity contribution in [2.45, 2.75) is 26.3 Å². The summed E-state index contributed by atoms with van der Waals surface area (Å²) in [6.45, 7) is 3.99. The molecule has 1 rings (SSSR count). The number of Topliss-reactive ketones (excluding diaryl/α,β-unsaturated/α-hetero) is 1. The van der Waals surface area contributed by atoms with Gasteiger partial charge in [-0.3, -0.25) is 4.79 Å². The van der Waals surface area contributed by atoms with Crippen molar-refractivity contribution in [3.8, 4) is 0 Å². The molecule has 0 amide bonds. The standard InChI is InChI=1S/C11H17NO3/c1-7-4-10(8(2)15-7)11(13)5-9(12)6-14-3/h4,9H,5-6,12H2,1-3H3. The molecule has 4 heteroatoms. The first kappa shape index (κ1) is 11.9. The van der Waals surface area contributed by atoms with Crippen LogP contribution in [0.2, 0.25) is 0 Å². The Hall–Kier alpha value is -1.13. The molecule has 0 radical (unpaired) electrons. The van der Waals surface area contributed by atoms with E-state index in [4.69, 9.17) is 14.9 Å². The first-order chi connectivity index (χ1) is 7.04. The molecule has 1 atom stereocenters. The zero-order valence-corrected chi connectivity index (χ0v) is 9.37. The van der Waals surface area contributed by atoms with Crippen LogP contribution in [0, 0.1) is 13.8 Å². The number of nitrogens with two attached hydrogens (primary N) is 1. The molecular formula is C11H17NO3. The highest BCUT2D eigenvalue weighted by atomic mass is 16.5. The van der Waals surface area contributed by atoms with Gasteiger partial charge in [-0.2, -0.15) is 0 Å². The minimum Gasteiger partial charge on any atom is -0.466 e. The maximum absolute atomic E-state index is 11.8. The van der Waals surface area contributed by atoms with Crippen LogP contribution in [-0.4, -0.2) is 25.5 Å². The second-order valence-electron chi connectivity index (χ2n) is 3.67. The molecule has 0 spiro atoms. The number of furan rings is 1. The second-order valence-corrected chi connectivity index (χ2v) is 3.67. The van der Waals surface area contributed by atoms with E-state index in [0.29, 0.717) is 17.9 Å². The van der Waals surface area contributed by atoms with Crippen molar-refractivity contribution in [2.75, 3.05) is 13.7 Å². The van der Waals surface area contributed by atoms with Crippen LogP contribution < -0.4 is 5.73 Å². The summed E-state index contributed by atoms with van der Waals surface area (Å²) in [5.74, 6) is 1.41. The van der Waals surface area contributed by atoms with E-state index >= 15 is 0 Å². The Morgan fingerprint density at radius 1 is 1.60 bits per heavy atom. The number of aryl methyl sites for hydroxylation is 2. The van der Waals surface area contributed by atoms with Gasteiger partial charge in [-0.15, -0.1) is 0 Å². The highest BCUT2D eigenvalue weighted by molar-refractivity contribution is 5.97. The van der Waals surface area contributed by atoms with Crippen molar-refractivity contribution in [3.63, 3.8) is 0 Å². The lowest BCUT2D eigenvalue weighted by Gasteiger charge is -2.08. The number of hydrogen-bond acceptors (Lipinski definition) is 4. The molecule has 15 heavy (non-hydrogen) atoms. The van der Waals surface area contributed by atoms with Crippen molar-refractivity contribution in [3.05, 3.63) is 23.2 Å². The van der Waals surface area contributed by atoms with E-state index in [1.54, 1.807) is 20.1 Å². The molecule has 0 aliphatic rings. The van der Waals surface area contributed by atoms with Crippen LogP contribution in [0.5, 0.6) is 0 Å². The van der Waals surface area contributed by atoms with Crippen molar-refractivity contribution in [1.29, 1.82) is 0 Å². The van der Waals surface area contributed by atoms with Gasteiger partial charge in [0.25, 0.3) is 0 Å². The fourth-order valence-corrected chi connectivity index (χ4v) is 1.53. The average Bonchev–Trinajstić information content (AvgIpc) is 2.45. The molecule has 2 N–H and O–H groups in total. The van der Waals surface area contributed by atoms with Crippen LogP contribution in [-0.2, 0) is 4.74 Å². The summed E-state index contributed by atoms with van der Waals surface area (Å²) in [7, 11) is 1.57. The number of carbonyl (C=O) groups is 1. The number of ether oxygens (including phenoxy) is 1. The minimum absolute atomic E-state index is 0.00824. The predicted molar refractivity (Wildman–Crippen MR) is 57.0 cm³/mol. The number of carbonyl (C=O) groups excluding carboxylic acids is 1. The van der Waals surface area contributed by atoms with Gasteiger partial charge in [0.05, 0.1) is 12.2 Å². The summed E-state index contributed by atoms with van der Waals surface area (Å²) in [5.41, 5.74) is 6.33. The van der Waals surface area contributed by atoms with E-state index in [2.05, 4.69) is 0 Å². The molecule has 0 aliphatic carbocycles. The summed E-state index contributed by atoms with van der Waals surface area (Å²) in [6, 6.07) is 1.49. The van der Waals surface area contributed by atoms with Gasteiger partial charge in [-0.1, -0.05) is 0 Å². The Morgan fingerprint density at radius 2 is 2.27 bits per heavy atom.